The highest BCUT2D eigenvalue weighted by molar-refractivity contribution is 6.30. The van der Waals surface area contributed by atoms with Gasteiger partial charge in [0, 0.05) is 29.6 Å². The molecule has 0 saturated carbocycles. The molecule has 4 nitrogen and oxygen atoms in total. The van der Waals surface area contributed by atoms with Crippen LogP contribution in [-0.2, 0) is 6.54 Å². The van der Waals surface area contributed by atoms with Crippen LogP contribution in [0.4, 0.5) is 0 Å². The monoisotopic (exact) mass is 305 g/mol. The molecule has 21 heavy (non-hydrogen) atoms. The molecule has 0 saturated heterocycles. The Bertz CT molecular complexity index is 626. The van der Waals surface area contributed by atoms with Gasteiger partial charge in [0.1, 0.15) is 11.9 Å². The van der Waals surface area contributed by atoms with E-state index in [1.54, 1.807) is 0 Å². The molecule has 3 rings (SSSR count). The number of benzene rings is 1. The van der Waals surface area contributed by atoms with Crippen LogP contribution in [0.2, 0.25) is 5.02 Å². The van der Waals surface area contributed by atoms with Crippen LogP contribution in [0.15, 0.2) is 30.7 Å². The first-order valence-corrected chi connectivity index (χ1v) is 7.80. The second-order valence-electron chi connectivity index (χ2n) is 5.24. The number of fused-ring (bicyclic) bond motifs is 1. The largest absolute Gasteiger partial charge is 0.484 e. The highest BCUT2D eigenvalue weighted by atomic mass is 35.5. The molecule has 0 aliphatic carbocycles. The molecule has 0 radical (unpaired) electrons. The van der Waals surface area contributed by atoms with E-state index < -0.39 is 0 Å². The second kappa shape index (κ2) is 6.08. The van der Waals surface area contributed by atoms with E-state index >= 15 is 0 Å². The summed E-state index contributed by atoms with van der Waals surface area (Å²) in [5, 5.41) is 4.28. The molecule has 0 spiro atoms. The van der Waals surface area contributed by atoms with Crippen LogP contribution in [0.3, 0.4) is 0 Å². The smallest absolute Gasteiger partial charge is 0.142 e. The molecule has 1 N–H and O–H groups in total. The first-order chi connectivity index (χ1) is 10.2. The van der Waals surface area contributed by atoms with Gasteiger partial charge in [0.2, 0.25) is 0 Å². The summed E-state index contributed by atoms with van der Waals surface area (Å²) < 4.78 is 8.32. The van der Waals surface area contributed by atoms with Crippen molar-refractivity contribution in [1.29, 1.82) is 0 Å². The predicted octanol–water partition coefficient (Wildman–Crippen LogP) is 3.73. The number of aromatic nitrogens is 2. The summed E-state index contributed by atoms with van der Waals surface area (Å²) in [6.07, 6.45) is 4.66. The first kappa shape index (κ1) is 14.4. The minimum absolute atomic E-state index is 0.0187. The van der Waals surface area contributed by atoms with Crippen LogP contribution in [-0.4, -0.2) is 16.1 Å². The van der Waals surface area contributed by atoms with Crippen molar-refractivity contribution in [1.82, 2.24) is 14.9 Å². The summed E-state index contributed by atoms with van der Waals surface area (Å²) >= 11 is 6.13. The second-order valence-corrected chi connectivity index (χ2v) is 5.68. The van der Waals surface area contributed by atoms with Crippen LogP contribution in [0.1, 0.15) is 43.7 Å². The van der Waals surface area contributed by atoms with Crippen LogP contribution in [0.25, 0.3) is 0 Å². The first-order valence-electron chi connectivity index (χ1n) is 7.42. The van der Waals surface area contributed by atoms with Crippen molar-refractivity contribution in [2.45, 2.75) is 39.0 Å². The van der Waals surface area contributed by atoms with E-state index in [1.807, 2.05) is 30.7 Å². The highest BCUT2D eigenvalue weighted by Gasteiger charge is 2.30. The molecule has 0 bridgehead atoms. The van der Waals surface area contributed by atoms with Gasteiger partial charge in [0.25, 0.3) is 0 Å². The van der Waals surface area contributed by atoms with Crippen molar-refractivity contribution in [2.75, 3.05) is 6.54 Å². The van der Waals surface area contributed by atoms with Crippen molar-refractivity contribution in [3.05, 3.63) is 47.0 Å². The Kier molecular flexibility index (Phi) is 4.17. The van der Waals surface area contributed by atoms with Gasteiger partial charge in [-0.2, -0.15) is 0 Å². The van der Waals surface area contributed by atoms with Crippen LogP contribution >= 0.6 is 11.6 Å². The fraction of sp³-hybridized carbons (Fsp3) is 0.438. The van der Waals surface area contributed by atoms with Gasteiger partial charge in [-0.3, -0.25) is 0 Å². The van der Waals surface area contributed by atoms with Crippen LogP contribution < -0.4 is 10.1 Å². The molecule has 0 amide bonds. The molecule has 1 aromatic heterocycles. The third kappa shape index (κ3) is 2.78. The minimum Gasteiger partial charge on any atom is -0.484 e. The lowest BCUT2D eigenvalue weighted by atomic mass is 9.95. The van der Waals surface area contributed by atoms with Gasteiger partial charge in [0.15, 0.2) is 0 Å². The lowest BCUT2D eigenvalue weighted by molar-refractivity contribution is 0.144. The third-order valence-corrected chi connectivity index (χ3v) is 4.17. The maximum Gasteiger partial charge on any atom is 0.142 e. The van der Waals surface area contributed by atoms with Crippen LogP contribution in [0.5, 0.6) is 5.75 Å². The van der Waals surface area contributed by atoms with Gasteiger partial charge in [-0.25, -0.2) is 4.98 Å². The number of ether oxygens (including phenoxy) is 1. The van der Waals surface area contributed by atoms with Gasteiger partial charge in [0.05, 0.1) is 18.2 Å². The number of rotatable bonds is 4. The molecule has 1 aliphatic heterocycles. The maximum atomic E-state index is 6.19. The number of hydrogen-bond acceptors (Lipinski definition) is 3. The SMILES string of the molecule is CCNC1CC(c2cncn2CC)Oc2ccc(Cl)cc21. The fourth-order valence-corrected chi connectivity index (χ4v) is 3.11. The van der Waals surface area contributed by atoms with E-state index in [9.17, 15) is 0 Å². The highest BCUT2D eigenvalue weighted by Crippen LogP contribution is 2.41. The summed E-state index contributed by atoms with van der Waals surface area (Å²) in [6, 6.07) is 6.09. The zero-order valence-corrected chi connectivity index (χ0v) is 13.1. The van der Waals surface area contributed by atoms with Crippen molar-refractivity contribution in [3.8, 4) is 5.75 Å². The Morgan fingerprint density at radius 1 is 1.43 bits per heavy atom. The third-order valence-electron chi connectivity index (χ3n) is 3.93. The minimum atomic E-state index is 0.0187. The Hall–Kier alpha value is -1.52. The Morgan fingerprint density at radius 2 is 2.29 bits per heavy atom. The lowest BCUT2D eigenvalue weighted by Gasteiger charge is -2.33. The molecule has 5 heteroatoms. The van der Waals surface area contributed by atoms with Crippen molar-refractivity contribution in [2.24, 2.45) is 0 Å². The Labute approximate surface area is 130 Å². The molecule has 2 aromatic rings. The average molecular weight is 306 g/mol. The standard InChI is InChI=1S/C16H20ClN3O/c1-3-19-13-8-16(14-9-18-10-20(14)4-2)21-15-6-5-11(17)7-12(13)15/h5-7,9-10,13,16,19H,3-4,8H2,1-2H3. The Morgan fingerprint density at radius 3 is 3.05 bits per heavy atom. The van der Waals surface area contributed by atoms with Gasteiger partial charge >= 0.3 is 0 Å². The lowest BCUT2D eigenvalue weighted by Crippen LogP contribution is -2.29. The molecular weight excluding hydrogens is 286 g/mol. The van der Waals surface area contributed by atoms with E-state index in [-0.39, 0.29) is 12.1 Å². The molecule has 1 aromatic carbocycles. The number of halogens is 1. The topological polar surface area (TPSA) is 39.1 Å². The quantitative estimate of drug-likeness (QED) is 0.935. The van der Waals surface area contributed by atoms with E-state index in [0.29, 0.717) is 0 Å². The predicted molar refractivity (Wildman–Crippen MR) is 83.8 cm³/mol. The van der Waals surface area contributed by atoms with Gasteiger partial charge in [-0.1, -0.05) is 18.5 Å². The normalized spacial score (nSPS) is 20.9. The summed E-state index contributed by atoms with van der Waals surface area (Å²) in [6.45, 7) is 6.04. The molecular formula is C16H20ClN3O. The van der Waals surface area contributed by atoms with Gasteiger partial charge in [-0.15, -0.1) is 0 Å². The maximum absolute atomic E-state index is 6.19. The Balaban J connectivity index is 1.95. The fourth-order valence-electron chi connectivity index (χ4n) is 2.93. The number of imidazole rings is 1. The van der Waals surface area contributed by atoms with Crippen molar-refractivity contribution >= 4 is 11.6 Å². The number of hydrogen-bond donors (Lipinski definition) is 1. The van der Waals surface area contributed by atoms with E-state index in [2.05, 4.69) is 28.7 Å². The zero-order chi connectivity index (χ0) is 14.8. The van der Waals surface area contributed by atoms with E-state index in [4.69, 9.17) is 16.3 Å². The molecule has 2 heterocycles. The number of nitrogens with one attached hydrogen (secondary N) is 1. The summed E-state index contributed by atoms with van der Waals surface area (Å²) in [4.78, 5) is 4.25. The number of aryl methyl sites for hydroxylation is 1. The number of nitrogens with zero attached hydrogens (tertiary/aromatic N) is 2. The van der Waals surface area contributed by atoms with Gasteiger partial charge in [-0.05, 0) is 31.7 Å². The van der Waals surface area contributed by atoms with Crippen LogP contribution in [0, 0.1) is 0 Å². The van der Waals surface area contributed by atoms with E-state index in [0.717, 1.165) is 41.5 Å². The average Bonchev–Trinajstić information content (AvgIpc) is 2.96. The molecule has 112 valence electrons. The molecule has 2 unspecified atom stereocenters. The molecule has 0 fully saturated rings. The molecule has 1 aliphatic rings. The summed E-state index contributed by atoms with van der Waals surface area (Å²) in [5.74, 6) is 0.908. The van der Waals surface area contributed by atoms with E-state index in [1.165, 1.54) is 0 Å². The molecule has 2 atom stereocenters. The summed E-state index contributed by atoms with van der Waals surface area (Å²) in [7, 11) is 0. The van der Waals surface area contributed by atoms with Crippen molar-refractivity contribution < 1.29 is 4.74 Å². The summed E-state index contributed by atoms with van der Waals surface area (Å²) in [5.41, 5.74) is 2.27. The van der Waals surface area contributed by atoms with Crippen molar-refractivity contribution in [3.63, 3.8) is 0 Å². The zero-order valence-electron chi connectivity index (χ0n) is 12.3. The van der Waals surface area contributed by atoms with Gasteiger partial charge < -0.3 is 14.6 Å².